The first-order valence-electron chi connectivity index (χ1n) is 9.63. The van der Waals surface area contributed by atoms with Crippen molar-refractivity contribution in [1.29, 1.82) is 0 Å². The van der Waals surface area contributed by atoms with Crippen LogP contribution in [0, 0.1) is 5.41 Å². The van der Waals surface area contributed by atoms with Crippen molar-refractivity contribution in [2.75, 3.05) is 18.8 Å². The van der Waals surface area contributed by atoms with Crippen LogP contribution in [0.2, 0.25) is 0 Å². The quantitative estimate of drug-likeness (QED) is 0.620. The molecule has 0 spiro atoms. The van der Waals surface area contributed by atoms with Crippen LogP contribution in [0.5, 0.6) is 5.75 Å². The molecule has 1 fully saturated rings. The fourth-order valence-electron chi connectivity index (χ4n) is 3.26. The summed E-state index contributed by atoms with van der Waals surface area (Å²) in [7, 11) is 0. The molecule has 1 atom stereocenters. The zero-order valence-corrected chi connectivity index (χ0v) is 16.8. The molecule has 148 valence electrons. The molecule has 0 radical (unpaired) electrons. The van der Waals surface area contributed by atoms with Gasteiger partial charge in [0.25, 0.3) is 0 Å². The molecule has 0 bridgehead atoms. The second kappa shape index (κ2) is 8.10. The molecule has 1 unspecified atom stereocenters. The minimum absolute atomic E-state index is 0.213. The number of nitrogens with one attached hydrogen (secondary N) is 1. The molecule has 0 aliphatic carbocycles. The van der Waals surface area contributed by atoms with Gasteiger partial charge in [0.1, 0.15) is 5.75 Å². The van der Waals surface area contributed by atoms with Crippen molar-refractivity contribution >= 4 is 18.0 Å². The number of nitrogens with two attached hydrogens (primary N) is 1. The van der Waals surface area contributed by atoms with E-state index in [1.54, 1.807) is 12.1 Å². The lowest BCUT2D eigenvalue weighted by Gasteiger charge is -2.23. The Hall–Kier alpha value is -2.73. The van der Waals surface area contributed by atoms with Gasteiger partial charge in [0.2, 0.25) is 5.95 Å². The fourth-order valence-corrected chi connectivity index (χ4v) is 3.26. The first-order valence-corrected chi connectivity index (χ1v) is 9.63. The van der Waals surface area contributed by atoms with Gasteiger partial charge < -0.3 is 15.8 Å². The highest BCUT2D eigenvalue weighted by molar-refractivity contribution is 5.84. The van der Waals surface area contributed by atoms with Crippen LogP contribution < -0.4 is 15.8 Å². The number of nitrogens with zero attached hydrogens (tertiary/aromatic N) is 2. The number of carbonyl (C=O) groups excluding carboxylic acids is 1. The third-order valence-electron chi connectivity index (χ3n) is 4.83. The molecular weight excluding hydrogens is 352 g/mol. The van der Waals surface area contributed by atoms with Gasteiger partial charge in [0, 0.05) is 12.5 Å². The second-order valence-corrected chi connectivity index (χ2v) is 8.14. The van der Waals surface area contributed by atoms with E-state index in [9.17, 15) is 4.79 Å². The zero-order chi connectivity index (χ0) is 20.3. The SMILES string of the molecule is C=Cc1cccc(OC(=O)C(C)(C)C)c1-c1cc(C2CCCNC2)nc(N)n1. The summed E-state index contributed by atoms with van der Waals surface area (Å²) < 4.78 is 5.73. The van der Waals surface area contributed by atoms with Gasteiger partial charge in [0.05, 0.1) is 22.4 Å². The number of hydrogen-bond acceptors (Lipinski definition) is 6. The Kier molecular flexibility index (Phi) is 5.79. The Morgan fingerprint density at radius 1 is 1.36 bits per heavy atom. The number of carbonyl (C=O) groups is 1. The molecule has 1 aliphatic heterocycles. The molecule has 6 heteroatoms. The van der Waals surface area contributed by atoms with E-state index in [1.807, 2.05) is 39.0 Å². The third-order valence-corrected chi connectivity index (χ3v) is 4.83. The first kappa shape index (κ1) is 20.0. The molecule has 0 amide bonds. The number of hydrogen-bond donors (Lipinski definition) is 2. The highest BCUT2D eigenvalue weighted by Crippen LogP contribution is 2.36. The standard InChI is InChI=1S/C22H28N4O2/c1-5-14-8-6-10-18(28-20(27)22(2,3)4)19(14)17-12-16(25-21(23)26-17)15-9-7-11-24-13-15/h5-6,8,10,12,15,24H,1,7,9,11,13H2,2-4H3,(H2,23,25,26). The molecule has 6 nitrogen and oxygen atoms in total. The Labute approximate surface area is 166 Å². The number of piperidine rings is 1. The summed E-state index contributed by atoms with van der Waals surface area (Å²) in [5.41, 5.74) is 8.49. The van der Waals surface area contributed by atoms with Crippen LogP contribution in [0.4, 0.5) is 5.95 Å². The lowest BCUT2D eigenvalue weighted by molar-refractivity contribution is -0.142. The highest BCUT2D eigenvalue weighted by atomic mass is 16.5. The Morgan fingerprint density at radius 3 is 2.79 bits per heavy atom. The number of anilines is 1. The predicted molar refractivity (Wildman–Crippen MR) is 112 cm³/mol. The van der Waals surface area contributed by atoms with Gasteiger partial charge >= 0.3 is 5.97 Å². The van der Waals surface area contributed by atoms with E-state index in [0.717, 1.165) is 37.2 Å². The van der Waals surface area contributed by atoms with Crippen molar-refractivity contribution in [3.63, 3.8) is 0 Å². The van der Waals surface area contributed by atoms with Crippen LogP contribution in [0.3, 0.4) is 0 Å². The summed E-state index contributed by atoms with van der Waals surface area (Å²) in [6.45, 7) is 11.3. The highest BCUT2D eigenvalue weighted by Gasteiger charge is 2.26. The Bertz CT molecular complexity index is 881. The number of nitrogen functional groups attached to an aromatic ring is 1. The summed E-state index contributed by atoms with van der Waals surface area (Å²) in [4.78, 5) is 21.4. The van der Waals surface area contributed by atoms with Crippen molar-refractivity contribution in [2.24, 2.45) is 5.41 Å². The van der Waals surface area contributed by atoms with E-state index in [1.165, 1.54) is 0 Å². The Balaban J connectivity index is 2.08. The van der Waals surface area contributed by atoms with E-state index >= 15 is 0 Å². The average Bonchev–Trinajstić information content (AvgIpc) is 2.67. The summed E-state index contributed by atoms with van der Waals surface area (Å²) in [6, 6.07) is 7.47. The van der Waals surface area contributed by atoms with Gasteiger partial charge in [-0.3, -0.25) is 4.79 Å². The number of aromatic nitrogens is 2. The molecule has 1 aliphatic rings. The number of rotatable bonds is 4. The third kappa shape index (κ3) is 4.39. The second-order valence-electron chi connectivity index (χ2n) is 8.14. The minimum atomic E-state index is -0.620. The monoisotopic (exact) mass is 380 g/mol. The molecule has 3 N–H and O–H groups in total. The smallest absolute Gasteiger partial charge is 0.316 e. The summed E-state index contributed by atoms with van der Waals surface area (Å²) in [5.74, 6) is 0.635. The van der Waals surface area contributed by atoms with Gasteiger partial charge in [-0.2, -0.15) is 0 Å². The van der Waals surface area contributed by atoms with Crippen molar-refractivity contribution < 1.29 is 9.53 Å². The minimum Gasteiger partial charge on any atom is -0.425 e. The van der Waals surface area contributed by atoms with Gasteiger partial charge in [0.15, 0.2) is 0 Å². The lowest BCUT2D eigenvalue weighted by atomic mass is 9.94. The normalized spacial score (nSPS) is 17.2. The summed E-state index contributed by atoms with van der Waals surface area (Å²) in [6.07, 6.45) is 3.88. The molecule has 0 saturated carbocycles. The number of ether oxygens (including phenoxy) is 1. The molecule has 2 heterocycles. The molecular formula is C22H28N4O2. The zero-order valence-electron chi connectivity index (χ0n) is 16.8. The molecule has 2 aromatic rings. The molecule has 1 saturated heterocycles. The Morgan fingerprint density at radius 2 is 2.14 bits per heavy atom. The van der Waals surface area contributed by atoms with Crippen LogP contribution in [-0.2, 0) is 4.79 Å². The molecule has 3 rings (SSSR count). The number of benzene rings is 1. The maximum Gasteiger partial charge on any atom is 0.316 e. The topological polar surface area (TPSA) is 90.1 Å². The van der Waals surface area contributed by atoms with Crippen LogP contribution in [-0.4, -0.2) is 29.0 Å². The fraction of sp³-hybridized carbons (Fsp3) is 0.409. The average molecular weight is 380 g/mol. The van der Waals surface area contributed by atoms with E-state index in [-0.39, 0.29) is 17.8 Å². The van der Waals surface area contributed by atoms with Gasteiger partial charge in [-0.1, -0.05) is 24.8 Å². The molecule has 28 heavy (non-hydrogen) atoms. The summed E-state index contributed by atoms with van der Waals surface area (Å²) in [5, 5.41) is 3.40. The maximum absolute atomic E-state index is 12.5. The van der Waals surface area contributed by atoms with Crippen LogP contribution >= 0.6 is 0 Å². The van der Waals surface area contributed by atoms with Crippen molar-refractivity contribution in [3.05, 3.63) is 42.1 Å². The van der Waals surface area contributed by atoms with Crippen LogP contribution in [0.25, 0.3) is 17.3 Å². The van der Waals surface area contributed by atoms with Gasteiger partial charge in [-0.25, -0.2) is 9.97 Å². The lowest BCUT2D eigenvalue weighted by Crippen LogP contribution is -2.29. The van der Waals surface area contributed by atoms with Crippen LogP contribution in [0.1, 0.15) is 50.8 Å². The van der Waals surface area contributed by atoms with E-state index in [4.69, 9.17) is 10.5 Å². The summed E-state index contributed by atoms with van der Waals surface area (Å²) >= 11 is 0. The predicted octanol–water partition coefficient (Wildman–Crippen LogP) is 3.79. The molecule has 1 aromatic heterocycles. The largest absolute Gasteiger partial charge is 0.425 e. The van der Waals surface area contributed by atoms with Crippen molar-refractivity contribution in [1.82, 2.24) is 15.3 Å². The molecule has 1 aromatic carbocycles. The van der Waals surface area contributed by atoms with Gasteiger partial charge in [-0.05, 0) is 57.9 Å². The van der Waals surface area contributed by atoms with Gasteiger partial charge in [-0.15, -0.1) is 0 Å². The van der Waals surface area contributed by atoms with E-state index < -0.39 is 5.41 Å². The van der Waals surface area contributed by atoms with E-state index in [2.05, 4.69) is 21.9 Å². The van der Waals surface area contributed by atoms with Crippen molar-refractivity contribution in [2.45, 2.75) is 39.5 Å². The van der Waals surface area contributed by atoms with E-state index in [0.29, 0.717) is 17.0 Å². The van der Waals surface area contributed by atoms with Crippen LogP contribution in [0.15, 0.2) is 30.8 Å². The first-order chi connectivity index (χ1) is 13.3. The number of esters is 1. The maximum atomic E-state index is 12.5. The van der Waals surface area contributed by atoms with Crippen molar-refractivity contribution in [3.8, 4) is 17.0 Å².